The summed E-state index contributed by atoms with van der Waals surface area (Å²) in [4.78, 5) is 8.25. The van der Waals surface area contributed by atoms with E-state index in [1.54, 1.807) is 0 Å². The van der Waals surface area contributed by atoms with Gasteiger partial charge in [0.1, 0.15) is 11.5 Å². The quantitative estimate of drug-likeness (QED) is 0.303. The van der Waals surface area contributed by atoms with Crippen molar-refractivity contribution in [1.82, 2.24) is 0 Å². The van der Waals surface area contributed by atoms with E-state index in [2.05, 4.69) is 6.26 Å². The Kier molecular flexibility index (Phi) is 5.10. The van der Waals surface area contributed by atoms with Gasteiger partial charge in [-0.2, -0.15) is 0 Å². The molecule has 0 aromatic carbocycles. The normalized spacial score (nSPS) is 17.7. The lowest BCUT2D eigenvalue weighted by Gasteiger charge is -1.81. The van der Waals surface area contributed by atoms with Gasteiger partial charge >= 0.3 is 0 Å². The first-order valence-corrected chi connectivity index (χ1v) is 5.00. The molecule has 0 aromatic heterocycles. The van der Waals surface area contributed by atoms with Crippen LogP contribution in [0.1, 0.15) is 12.8 Å². The van der Waals surface area contributed by atoms with E-state index in [-0.39, 0.29) is 0 Å². The molecule has 1 heterocycles. The van der Waals surface area contributed by atoms with Crippen molar-refractivity contribution in [3.05, 3.63) is 15.3 Å². The van der Waals surface area contributed by atoms with Crippen LogP contribution in [0, 0.1) is 15.3 Å². The summed E-state index contributed by atoms with van der Waals surface area (Å²) < 4.78 is 0. The van der Waals surface area contributed by atoms with E-state index in [1.165, 1.54) is 24.3 Å². The van der Waals surface area contributed by atoms with Crippen molar-refractivity contribution in [2.45, 2.75) is 12.8 Å². The van der Waals surface area contributed by atoms with Crippen LogP contribution in [0.4, 0.5) is 0 Å². The minimum Gasteiger partial charge on any atom is -0.356 e. The van der Waals surface area contributed by atoms with Gasteiger partial charge in [-0.25, -0.2) is 0 Å². The standard InChI is InChI=1S/C5H11S.NO3/c1-6-4-2-3-5-6;2-1(3)4/h2-5H2,1H3;/q+1;-1. The first-order valence-electron chi connectivity index (χ1n) is 3.03. The van der Waals surface area contributed by atoms with Crippen molar-refractivity contribution in [1.29, 1.82) is 0 Å². The van der Waals surface area contributed by atoms with E-state index in [0.717, 1.165) is 10.9 Å². The molecule has 0 radical (unpaired) electrons. The van der Waals surface area contributed by atoms with Crippen LogP contribution in [0.25, 0.3) is 0 Å². The maximum atomic E-state index is 8.25. The topological polar surface area (TPSA) is 66.2 Å². The largest absolute Gasteiger partial charge is 0.356 e. The van der Waals surface area contributed by atoms with Crippen LogP contribution in [-0.4, -0.2) is 22.8 Å². The zero-order chi connectivity index (χ0) is 7.98. The summed E-state index contributed by atoms with van der Waals surface area (Å²) in [5.41, 5.74) is 0. The molecule has 1 rings (SSSR count). The summed E-state index contributed by atoms with van der Waals surface area (Å²) >= 11 is 0. The minimum absolute atomic E-state index is 0.827. The van der Waals surface area contributed by atoms with Crippen LogP contribution < -0.4 is 0 Å². The molecule has 1 fully saturated rings. The highest BCUT2D eigenvalue weighted by Gasteiger charge is 2.16. The van der Waals surface area contributed by atoms with Gasteiger partial charge in [-0.3, -0.25) is 0 Å². The highest BCUT2D eigenvalue weighted by Crippen LogP contribution is 2.08. The van der Waals surface area contributed by atoms with E-state index in [9.17, 15) is 0 Å². The molecule has 5 heteroatoms. The maximum Gasteiger partial charge on any atom is 0.108 e. The number of nitrogens with zero attached hydrogens (tertiary/aromatic N) is 1. The molecule has 0 N–H and O–H groups in total. The van der Waals surface area contributed by atoms with Crippen molar-refractivity contribution in [3.63, 3.8) is 0 Å². The SMILES string of the molecule is C[S+]1CCCC1.O=[N+]([O-])[O-]. The second-order valence-corrected chi connectivity index (χ2v) is 4.50. The van der Waals surface area contributed by atoms with Gasteiger partial charge in [0.25, 0.3) is 0 Å². The summed E-state index contributed by atoms with van der Waals surface area (Å²) in [5, 5.41) is 14.8. The van der Waals surface area contributed by atoms with E-state index in [0.29, 0.717) is 0 Å². The van der Waals surface area contributed by atoms with Crippen molar-refractivity contribution in [2.75, 3.05) is 17.8 Å². The van der Waals surface area contributed by atoms with E-state index < -0.39 is 5.09 Å². The van der Waals surface area contributed by atoms with E-state index in [4.69, 9.17) is 15.3 Å². The molecular formula is C5H11NO3S. The van der Waals surface area contributed by atoms with Gasteiger partial charge in [-0.15, -0.1) is 0 Å². The van der Waals surface area contributed by atoms with Crippen LogP contribution in [0.3, 0.4) is 0 Å². The lowest BCUT2D eigenvalue weighted by molar-refractivity contribution is -0.402. The van der Waals surface area contributed by atoms with Crippen LogP contribution in [0.15, 0.2) is 0 Å². The van der Waals surface area contributed by atoms with Crippen molar-refractivity contribution >= 4 is 10.9 Å². The predicted molar refractivity (Wildman–Crippen MR) is 42.6 cm³/mol. The monoisotopic (exact) mass is 165 g/mol. The Labute approximate surface area is 62.7 Å². The molecule has 0 aliphatic carbocycles. The molecule has 0 spiro atoms. The van der Waals surface area contributed by atoms with Gasteiger partial charge in [0.2, 0.25) is 0 Å². The molecule has 1 aliphatic rings. The zero-order valence-electron chi connectivity index (χ0n) is 5.91. The second-order valence-electron chi connectivity index (χ2n) is 2.12. The number of hydrogen-bond donors (Lipinski definition) is 0. The third-order valence-electron chi connectivity index (χ3n) is 1.24. The molecule has 4 nitrogen and oxygen atoms in total. The zero-order valence-corrected chi connectivity index (χ0v) is 6.73. The smallest absolute Gasteiger partial charge is 0.108 e. The fourth-order valence-electron chi connectivity index (χ4n) is 0.799. The minimum atomic E-state index is -1.75. The molecule has 10 heavy (non-hydrogen) atoms. The van der Waals surface area contributed by atoms with Crippen molar-refractivity contribution in [3.8, 4) is 0 Å². The summed E-state index contributed by atoms with van der Waals surface area (Å²) in [5.74, 6) is 3.03. The predicted octanol–water partition coefficient (Wildman–Crippen LogP) is 0.789. The molecule has 0 bridgehead atoms. The fourth-order valence-corrected chi connectivity index (χ4v) is 2.40. The molecule has 0 saturated carbocycles. The number of rotatable bonds is 0. The summed E-state index contributed by atoms with van der Waals surface area (Å²) in [6, 6.07) is 0. The van der Waals surface area contributed by atoms with Gasteiger partial charge in [0.05, 0.1) is 11.3 Å². The molecule has 1 saturated heterocycles. The first kappa shape index (κ1) is 9.55. The van der Waals surface area contributed by atoms with Gasteiger partial charge in [0, 0.05) is 0 Å². The Morgan fingerprint density at radius 3 is 1.70 bits per heavy atom. The highest BCUT2D eigenvalue weighted by atomic mass is 32.2. The Balaban J connectivity index is 0.000000180. The van der Waals surface area contributed by atoms with Gasteiger partial charge in [-0.1, -0.05) is 0 Å². The van der Waals surface area contributed by atoms with Crippen LogP contribution in [-0.2, 0) is 10.9 Å². The molecule has 0 atom stereocenters. The van der Waals surface area contributed by atoms with Crippen LogP contribution in [0.2, 0.25) is 0 Å². The molecular weight excluding hydrogens is 154 g/mol. The lowest BCUT2D eigenvalue weighted by atomic mass is 10.4. The number of hydrogen-bond acceptors (Lipinski definition) is 3. The van der Waals surface area contributed by atoms with Gasteiger partial charge in [-0.05, 0) is 23.7 Å². The average Bonchev–Trinajstić information content (AvgIpc) is 2.15. The third kappa shape index (κ3) is 7.55. The molecule has 60 valence electrons. The Morgan fingerprint density at radius 1 is 1.30 bits per heavy atom. The maximum absolute atomic E-state index is 8.25. The molecule has 0 unspecified atom stereocenters. The molecule has 0 aromatic rings. The third-order valence-corrected chi connectivity index (χ3v) is 3.21. The average molecular weight is 165 g/mol. The van der Waals surface area contributed by atoms with Gasteiger partial charge < -0.3 is 15.3 Å². The highest BCUT2D eigenvalue weighted by molar-refractivity contribution is 7.96. The first-order chi connectivity index (χ1) is 4.63. The van der Waals surface area contributed by atoms with Crippen molar-refractivity contribution < 1.29 is 5.09 Å². The Bertz CT molecular complexity index is 99.1. The van der Waals surface area contributed by atoms with Crippen LogP contribution >= 0.6 is 0 Å². The Hall–Kier alpha value is -0.450. The van der Waals surface area contributed by atoms with Crippen molar-refractivity contribution in [2.24, 2.45) is 0 Å². The summed E-state index contributed by atoms with van der Waals surface area (Å²) in [7, 11) is 0.827. The van der Waals surface area contributed by atoms with E-state index in [1.807, 2.05) is 0 Å². The van der Waals surface area contributed by atoms with Crippen LogP contribution in [0.5, 0.6) is 0 Å². The van der Waals surface area contributed by atoms with E-state index >= 15 is 0 Å². The van der Waals surface area contributed by atoms with Gasteiger partial charge in [0.15, 0.2) is 0 Å². The fraction of sp³-hybridized carbons (Fsp3) is 1.00. The molecule has 1 aliphatic heterocycles. The summed E-state index contributed by atoms with van der Waals surface area (Å²) in [6.45, 7) is 0. The molecule has 0 amide bonds. The summed E-state index contributed by atoms with van der Waals surface area (Å²) in [6.07, 6.45) is 5.37. The second kappa shape index (κ2) is 5.34. The lowest BCUT2D eigenvalue weighted by Crippen LogP contribution is -1.96. The Morgan fingerprint density at radius 2 is 1.60 bits per heavy atom.